The van der Waals surface area contributed by atoms with Crippen LogP contribution in [0.1, 0.15) is 48.4 Å². The number of imidazole rings is 1. The number of carbonyl (C=O) groups excluding carboxylic acids is 1. The van der Waals surface area contributed by atoms with Gasteiger partial charge >= 0.3 is 5.97 Å². The van der Waals surface area contributed by atoms with Gasteiger partial charge in [0.15, 0.2) is 11.4 Å². The first-order valence-electron chi connectivity index (χ1n) is 15.3. The maximum Gasteiger partial charge on any atom is 0.347 e. The summed E-state index contributed by atoms with van der Waals surface area (Å²) in [4.78, 5) is 32.3. The third-order valence-corrected chi connectivity index (χ3v) is 8.17. The van der Waals surface area contributed by atoms with E-state index >= 15 is 0 Å². The molecule has 0 atom stereocenters. The number of carboxylic acid groups (broad SMARTS) is 1. The number of aromatic nitrogens is 2. The highest BCUT2D eigenvalue weighted by Crippen LogP contribution is 2.31. The molecule has 0 unspecified atom stereocenters. The standard InChI is InChI=1S/C36H37N3O6/c1-36(2,35(41)42)45-28-16-10-25(11-17-28)7-5-6-18-39-23-31(30-24-44-32-9-4-3-8-29(30)32)37-34(39)33(40)26-12-14-27(15-13-26)38-19-21-43-22-20-38/h3-4,8-17,23-24H,5-7,18-22H2,1-2H3,(H,41,42). The first-order chi connectivity index (χ1) is 21.8. The highest BCUT2D eigenvalue weighted by Gasteiger charge is 2.29. The number of benzene rings is 3. The van der Waals surface area contributed by atoms with E-state index in [-0.39, 0.29) is 5.78 Å². The molecule has 232 valence electrons. The Hall–Kier alpha value is -4.89. The molecule has 0 bridgehead atoms. The SMILES string of the molecule is CC(C)(Oc1ccc(CCCCn2cc(-c3coc4ccccc34)nc2C(=O)c2ccc(N3CCOCC3)cc2)cc1)C(=O)O. The number of fused-ring (bicyclic) bond motifs is 1. The topological polar surface area (TPSA) is 107 Å². The van der Waals surface area contributed by atoms with Gasteiger partial charge in [-0.2, -0.15) is 0 Å². The lowest BCUT2D eigenvalue weighted by Gasteiger charge is -2.28. The number of unbranched alkanes of at least 4 members (excludes halogenated alkanes) is 1. The number of aliphatic carboxylic acids is 1. The third-order valence-electron chi connectivity index (χ3n) is 8.17. The van der Waals surface area contributed by atoms with Crippen molar-refractivity contribution in [3.05, 3.63) is 102 Å². The quantitative estimate of drug-likeness (QED) is 0.124. The zero-order chi connectivity index (χ0) is 31.4. The molecule has 6 rings (SSSR count). The fraction of sp³-hybridized carbons (Fsp3) is 0.306. The number of aryl methyl sites for hydroxylation is 2. The predicted octanol–water partition coefficient (Wildman–Crippen LogP) is 6.63. The number of ketones is 1. The number of carboxylic acids is 1. The molecule has 9 heteroatoms. The van der Waals surface area contributed by atoms with Crippen LogP contribution in [0.2, 0.25) is 0 Å². The van der Waals surface area contributed by atoms with E-state index in [2.05, 4.69) is 4.90 Å². The monoisotopic (exact) mass is 607 g/mol. The van der Waals surface area contributed by atoms with Gasteiger partial charge in [-0.05, 0) is 81.1 Å². The van der Waals surface area contributed by atoms with E-state index in [0.29, 0.717) is 42.6 Å². The molecular formula is C36H37N3O6. The molecule has 45 heavy (non-hydrogen) atoms. The molecule has 0 aliphatic carbocycles. The van der Waals surface area contributed by atoms with Crippen molar-refractivity contribution in [2.45, 2.75) is 45.3 Å². The fourth-order valence-electron chi connectivity index (χ4n) is 5.52. The van der Waals surface area contributed by atoms with Gasteiger partial charge in [0.1, 0.15) is 17.6 Å². The summed E-state index contributed by atoms with van der Waals surface area (Å²) in [6.45, 7) is 6.76. The van der Waals surface area contributed by atoms with E-state index in [1.807, 2.05) is 71.4 Å². The summed E-state index contributed by atoms with van der Waals surface area (Å²) in [6, 6.07) is 23.1. The van der Waals surface area contributed by atoms with Crippen molar-refractivity contribution in [3.8, 4) is 17.0 Å². The summed E-state index contributed by atoms with van der Waals surface area (Å²) in [7, 11) is 0. The van der Waals surface area contributed by atoms with Crippen molar-refractivity contribution in [1.29, 1.82) is 0 Å². The molecule has 1 aliphatic rings. The molecule has 1 saturated heterocycles. The number of nitrogens with zero attached hydrogens (tertiary/aromatic N) is 3. The largest absolute Gasteiger partial charge is 0.478 e. The summed E-state index contributed by atoms with van der Waals surface area (Å²) in [5, 5.41) is 10.3. The van der Waals surface area contributed by atoms with Gasteiger partial charge in [-0.15, -0.1) is 0 Å². The number of ether oxygens (including phenoxy) is 2. The first-order valence-corrected chi connectivity index (χ1v) is 15.3. The number of rotatable bonds is 12. The molecule has 2 aromatic heterocycles. The number of carbonyl (C=O) groups is 2. The molecule has 0 radical (unpaired) electrons. The van der Waals surface area contributed by atoms with Crippen LogP contribution >= 0.6 is 0 Å². The molecule has 0 spiro atoms. The minimum Gasteiger partial charge on any atom is -0.478 e. The third kappa shape index (κ3) is 6.78. The van der Waals surface area contributed by atoms with Crippen molar-refractivity contribution in [2.75, 3.05) is 31.2 Å². The lowest BCUT2D eigenvalue weighted by molar-refractivity contribution is -0.152. The summed E-state index contributed by atoms with van der Waals surface area (Å²) in [5.74, 6) is -0.220. The fourth-order valence-corrected chi connectivity index (χ4v) is 5.52. The van der Waals surface area contributed by atoms with Crippen molar-refractivity contribution >= 4 is 28.4 Å². The molecule has 3 heterocycles. The van der Waals surface area contributed by atoms with Gasteiger partial charge in [0.05, 0.1) is 18.9 Å². The molecule has 1 N–H and O–H groups in total. The molecule has 0 amide bonds. The molecule has 1 fully saturated rings. The molecule has 0 saturated carbocycles. The Morgan fingerprint density at radius 1 is 0.956 bits per heavy atom. The molecule has 9 nitrogen and oxygen atoms in total. The minimum atomic E-state index is -1.30. The van der Waals surface area contributed by atoms with Crippen LogP contribution in [0.4, 0.5) is 5.69 Å². The Kier molecular flexibility index (Phi) is 8.71. The Morgan fingerprint density at radius 3 is 2.42 bits per heavy atom. The Bertz CT molecular complexity index is 1780. The minimum absolute atomic E-state index is 0.123. The number of anilines is 1. The van der Waals surface area contributed by atoms with Gasteiger partial charge in [0.2, 0.25) is 5.78 Å². The molecule has 5 aromatic rings. The highest BCUT2D eigenvalue weighted by molar-refractivity contribution is 6.07. The van der Waals surface area contributed by atoms with Crippen LogP contribution in [-0.2, 0) is 22.5 Å². The molecule has 1 aliphatic heterocycles. The second kappa shape index (κ2) is 13.0. The van der Waals surface area contributed by atoms with Gasteiger partial charge < -0.3 is 28.5 Å². The average molecular weight is 608 g/mol. The lowest BCUT2D eigenvalue weighted by atomic mass is 10.1. The van der Waals surface area contributed by atoms with Gasteiger partial charge in [0.25, 0.3) is 0 Å². The lowest BCUT2D eigenvalue weighted by Crippen LogP contribution is -2.37. The number of furan rings is 1. The Balaban J connectivity index is 1.17. The van der Waals surface area contributed by atoms with Crippen LogP contribution in [0, 0.1) is 0 Å². The first kappa shape index (κ1) is 30.1. The Labute approximate surface area is 262 Å². The van der Waals surface area contributed by atoms with Gasteiger partial charge in [0, 0.05) is 48.0 Å². The zero-order valence-corrected chi connectivity index (χ0v) is 25.6. The van der Waals surface area contributed by atoms with E-state index in [1.165, 1.54) is 13.8 Å². The van der Waals surface area contributed by atoms with Crippen LogP contribution in [0.5, 0.6) is 5.75 Å². The summed E-state index contributed by atoms with van der Waals surface area (Å²) < 4.78 is 18.8. The van der Waals surface area contributed by atoms with E-state index in [0.717, 1.165) is 60.1 Å². The van der Waals surface area contributed by atoms with E-state index in [9.17, 15) is 14.7 Å². The predicted molar refractivity (Wildman–Crippen MR) is 172 cm³/mol. The van der Waals surface area contributed by atoms with Crippen LogP contribution in [0.15, 0.2) is 89.7 Å². The zero-order valence-electron chi connectivity index (χ0n) is 25.6. The van der Waals surface area contributed by atoms with Gasteiger partial charge in [-0.3, -0.25) is 4.79 Å². The maximum absolute atomic E-state index is 13.8. The summed E-state index contributed by atoms with van der Waals surface area (Å²) in [6.07, 6.45) is 6.22. The van der Waals surface area contributed by atoms with Crippen LogP contribution in [0.25, 0.3) is 22.2 Å². The van der Waals surface area contributed by atoms with E-state index in [1.54, 1.807) is 18.4 Å². The van der Waals surface area contributed by atoms with E-state index < -0.39 is 11.6 Å². The van der Waals surface area contributed by atoms with Crippen LogP contribution in [-0.4, -0.2) is 58.3 Å². The normalized spacial score (nSPS) is 13.7. The van der Waals surface area contributed by atoms with Crippen molar-refractivity contribution in [1.82, 2.24) is 9.55 Å². The smallest absolute Gasteiger partial charge is 0.347 e. The maximum atomic E-state index is 13.8. The Morgan fingerprint density at radius 2 is 1.69 bits per heavy atom. The van der Waals surface area contributed by atoms with Crippen molar-refractivity contribution in [3.63, 3.8) is 0 Å². The average Bonchev–Trinajstić information content (AvgIpc) is 3.68. The summed E-state index contributed by atoms with van der Waals surface area (Å²) >= 11 is 0. The molecule has 3 aromatic carbocycles. The number of hydrogen-bond acceptors (Lipinski definition) is 7. The van der Waals surface area contributed by atoms with Crippen LogP contribution < -0.4 is 9.64 Å². The highest BCUT2D eigenvalue weighted by atomic mass is 16.5. The van der Waals surface area contributed by atoms with E-state index in [4.69, 9.17) is 18.9 Å². The summed E-state index contributed by atoms with van der Waals surface area (Å²) in [5.41, 5.74) is 3.83. The second-order valence-corrected chi connectivity index (χ2v) is 11.8. The van der Waals surface area contributed by atoms with Crippen molar-refractivity contribution in [2.24, 2.45) is 0 Å². The van der Waals surface area contributed by atoms with Crippen LogP contribution in [0.3, 0.4) is 0 Å². The number of hydrogen-bond donors (Lipinski definition) is 1. The second-order valence-electron chi connectivity index (χ2n) is 11.8. The number of para-hydroxylation sites is 1. The van der Waals surface area contributed by atoms with Gasteiger partial charge in [-0.1, -0.05) is 30.3 Å². The molecular weight excluding hydrogens is 570 g/mol. The van der Waals surface area contributed by atoms with Crippen molar-refractivity contribution < 1.29 is 28.6 Å². The number of morpholine rings is 1. The van der Waals surface area contributed by atoms with Gasteiger partial charge in [-0.25, -0.2) is 9.78 Å².